The number of methoxy groups -OCH3 is 2. The molecule has 0 aliphatic heterocycles. The summed E-state index contributed by atoms with van der Waals surface area (Å²) in [6.45, 7) is 1.18. The Morgan fingerprint density at radius 1 is 1.03 bits per heavy atom. The highest BCUT2D eigenvalue weighted by atomic mass is 32.2. The van der Waals surface area contributed by atoms with Crippen molar-refractivity contribution >= 4 is 43.7 Å². The Morgan fingerprint density at radius 2 is 1.59 bits per heavy atom. The number of amides is 2. The van der Waals surface area contributed by atoms with E-state index in [1.165, 1.54) is 27.2 Å². The van der Waals surface area contributed by atoms with Gasteiger partial charge in [-0.1, -0.05) is 0 Å². The molecule has 4 N–H and O–H groups in total. The first-order valence-corrected chi connectivity index (χ1v) is 11.8. The summed E-state index contributed by atoms with van der Waals surface area (Å²) < 4.78 is 62.3. The van der Waals surface area contributed by atoms with Gasteiger partial charge in [-0.05, 0) is 24.6 Å². The fourth-order valence-electron chi connectivity index (χ4n) is 2.49. The molecule has 0 spiro atoms. The van der Waals surface area contributed by atoms with E-state index in [1.54, 1.807) is 4.72 Å². The normalized spacial score (nSPS) is 11.4. The van der Waals surface area contributed by atoms with Gasteiger partial charge in [-0.25, -0.2) is 31.1 Å². The van der Waals surface area contributed by atoms with Gasteiger partial charge in [-0.2, -0.15) is 9.97 Å². The van der Waals surface area contributed by atoms with Gasteiger partial charge >= 0.3 is 12.0 Å². The molecule has 14 nitrogen and oxygen atoms in total. The van der Waals surface area contributed by atoms with Crippen LogP contribution in [0.5, 0.6) is 11.8 Å². The molecule has 0 fully saturated rings. The second kappa shape index (κ2) is 9.23. The largest absolute Gasteiger partial charge is 0.481 e. The molecule has 0 saturated heterocycles. The number of aromatic carboxylic acids is 1. The molecule has 2 aromatic rings. The van der Waals surface area contributed by atoms with Crippen LogP contribution >= 0.6 is 0 Å². The number of urea groups is 1. The number of benzene rings is 1. The predicted octanol–water partition coefficient (Wildman–Crippen LogP) is 0.382. The Morgan fingerprint density at radius 3 is 2.06 bits per heavy atom. The molecule has 1 aromatic heterocycles. The van der Waals surface area contributed by atoms with Crippen LogP contribution < -0.4 is 24.2 Å². The topological polar surface area (TPSA) is 203 Å². The number of ether oxygens (including phenoxy) is 2. The molecular formula is C16H19N5O9S2. The standard InChI is InChI=1S/C16H19N5O9S2/c1-8-10(20-31(4,25)26)6-5-9(14(22)23)13(8)32(27,28)21-16(24)19-15-17-11(29-2)7-12(18-15)30-3/h5-7,20H,1-4H3,(H,22,23)(H2,17,18,19,21,24). The zero-order valence-electron chi connectivity index (χ0n) is 17.2. The molecule has 2 rings (SSSR count). The number of hydrogen-bond donors (Lipinski definition) is 4. The van der Waals surface area contributed by atoms with E-state index < -0.39 is 42.5 Å². The summed E-state index contributed by atoms with van der Waals surface area (Å²) in [5, 5.41) is 11.5. The van der Waals surface area contributed by atoms with Crippen LogP contribution in [0.4, 0.5) is 16.4 Å². The minimum absolute atomic E-state index is 0.0126. The van der Waals surface area contributed by atoms with Crippen molar-refractivity contribution < 1.29 is 41.0 Å². The third kappa shape index (κ3) is 5.94. The molecule has 174 valence electrons. The van der Waals surface area contributed by atoms with E-state index in [1.807, 2.05) is 0 Å². The Hall–Kier alpha value is -3.66. The lowest BCUT2D eigenvalue weighted by Crippen LogP contribution is -2.36. The molecule has 0 atom stereocenters. The molecule has 0 bridgehead atoms. The lowest BCUT2D eigenvalue weighted by atomic mass is 10.1. The van der Waals surface area contributed by atoms with Crippen molar-refractivity contribution in [3.8, 4) is 11.8 Å². The van der Waals surface area contributed by atoms with Gasteiger partial charge in [0, 0.05) is 0 Å². The van der Waals surface area contributed by atoms with Gasteiger partial charge in [0.2, 0.25) is 27.7 Å². The fourth-order valence-corrected chi connectivity index (χ4v) is 4.46. The summed E-state index contributed by atoms with van der Waals surface area (Å²) in [6.07, 6.45) is 0.833. The summed E-state index contributed by atoms with van der Waals surface area (Å²) in [7, 11) is -6.00. The summed E-state index contributed by atoms with van der Waals surface area (Å²) in [5.74, 6) is -1.95. The molecule has 0 aliphatic rings. The Bertz CT molecular complexity index is 1250. The zero-order valence-corrected chi connectivity index (χ0v) is 18.8. The van der Waals surface area contributed by atoms with Crippen molar-refractivity contribution in [3.63, 3.8) is 0 Å². The minimum atomic E-state index is -4.79. The summed E-state index contributed by atoms with van der Waals surface area (Å²) in [5.41, 5.74) is -1.10. The lowest BCUT2D eigenvalue weighted by molar-refractivity contribution is 0.0692. The van der Waals surface area contributed by atoms with Crippen LogP contribution in [-0.4, -0.2) is 64.4 Å². The zero-order chi connectivity index (χ0) is 24.3. The lowest BCUT2D eigenvalue weighted by Gasteiger charge is -2.16. The molecular weight excluding hydrogens is 470 g/mol. The number of rotatable bonds is 8. The quantitative estimate of drug-likeness (QED) is 0.399. The number of carbonyl (C=O) groups excluding carboxylic acids is 1. The maximum atomic E-state index is 12.8. The summed E-state index contributed by atoms with van der Waals surface area (Å²) in [6, 6.07) is 1.97. The number of anilines is 2. The number of hydrogen-bond acceptors (Lipinski definition) is 10. The van der Waals surface area contributed by atoms with Crippen molar-refractivity contribution in [2.75, 3.05) is 30.5 Å². The highest BCUT2D eigenvalue weighted by Crippen LogP contribution is 2.28. The summed E-state index contributed by atoms with van der Waals surface area (Å²) in [4.78, 5) is 30.7. The van der Waals surface area contributed by atoms with E-state index in [2.05, 4.69) is 20.0 Å². The van der Waals surface area contributed by atoms with Crippen molar-refractivity contribution in [1.29, 1.82) is 0 Å². The van der Waals surface area contributed by atoms with Gasteiger partial charge in [-0.15, -0.1) is 0 Å². The Balaban J connectivity index is 2.44. The first-order chi connectivity index (χ1) is 14.8. The van der Waals surface area contributed by atoms with Crippen LogP contribution in [0.3, 0.4) is 0 Å². The maximum Gasteiger partial charge on any atom is 0.337 e. The average molecular weight is 489 g/mol. The summed E-state index contributed by atoms with van der Waals surface area (Å²) >= 11 is 0. The van der Waals surface area contributed by atoms with E-state index in [9.17, 15) is 31.5 Å². The molecule has 0 aliphatic carbocycles. The minimum Gasteiger partial charge on any atom is -0.481 e. The third-order valence-electron chi connectivity index (χ3n) is 3.75. The van der Waals surface area contributed by atoms with Gasteiger partial charge in [0.1, 0.15) is 4.90 Å². The number of carbonyl (C=O) groups is 2. The van der Waals surface area contributed by atoms with Crippen LogP contribution in [0.25, 0.3) is 0 Å². The highest BCUT2D eigenvalue weighted by Gasteiger charge is 2.29. The van der Waals surface area contributed by atoms with E-state index in [4.69, 9.17) is 9.47 Å². The number of carboxylic acid groups (broad SMARTS) is 1. The number of nitrogens with one attached hydrogen (secondary N) is 3. The van der Waals surface area contributed by atoms with Gasteiger partial charge < -0.3 is 14.6 Å². The van der Waals surface area contributed by atoms with Crippen LogP contribution in [0.15, 0.2) is 23.1 Å². The molecule has 32 heavy (non-hydrogen) atoms. The van der Waals surface area contributed by atoms with E-state index in [0.717, 1.165) is 18.4 Å². The maximum absolute atomic E-state index is 12.8. The molecule has 0 saturated carbocycles. The van der Waals surface area contributed by atoms with Crippen molar-refractivity contribution in [1.82, 2.24) is 14.7 Å². The SMILES string of the molecule is COc1cc(OC)nc(NC(=O)NS(=O)(=O)c2c(C(=O)O)ccc(NS(C)(=O)=O)c2C)n1. The molecule has 0 unspecified atom stereocenters. The molecule has 0 radical (unpaired) electrons. The second-order valence-electron chi connectivity index (χ2n) is 6.13. The van der Waals surface area contributed by atoms with Crippen LogP contribution in [0.2, 0.25) is 0 Å². The van der Waals surface area contributed by atoms with Crippen molar-refractivity contribution in [2.45, 2.75) is 11.8 Å². The van der Waals surface area contributed by atoms with Gasteiger partial charge in [0.25, 0.3) is 10.0 Å². The van der Waals surface area contributed by atoms with Crippen LogP contribution in [0, 0.1) is 6.92 Å². The van der Waals surface area contributed by atoms with E-state index >= 15 is 0 Å². The molecule has 1 heterocycles. The van der Waals surface area contributed by atoms with Crippen molar-refractivity contribution in [2.24, 2.45) is 0 Å². The first kappa shape index (κ1) is 24.6. The van der Waals surface area contributed by atoms with Crippen molar-refractivity contribution in [3.05, 3.63) is 29.3 Å². The monoisotopic (exact) mass is 489 g/mol. The molecule has 2 amide bonds. The number of aromatic nitrogens is 2. The van der Waals surface area contributed by atoms with Crippen LogP contribution in [-0.2, 0) is 20.0 Å². The van der Waals surface area contributed by atoms with E-state index in [-0.39, 0.29) is 29.0 Å². The second-order valence-corrected chi connectivity index (χ2v) is 9.50. The van der Waals surface area contributed by atoms with Gasteiger partial charge in [-0.3, -0.25) is 10.0 Å². The smallest absolute Gasteiger partial charge is 0.337 e. The predicted molar refractivity (Wildman–Crippen MR) is 111 cm³/mol. The number of nitrogens with zero attached hydrogens (tertiary/aromatic N) is 2. The Kier molecular flexibility index (Phi) is 7.10. The first-order valence-electron chi connectivity index (χ1n) is 8.43. The number of carboxylic acids is 1. The average Bonchev–Trinajstić information content (AvgIpc) is 2.66. The highest BCUT2D eigenvalue weighted by molar-refractivity contribution is 7.92. The van der Waals surface area contributed by atoms with Gasteiger partial charge in [0.15, 0.2) is 0 Å². The van der Waals surface area contributed by atoms with Gasteiger partial charge in [0.05, 0.1) is 37.8 Å². The van der Waals surface area contributed by atoms with E-state index in [0.29, 0.717) is 0 Å². The number of sulfonamides is 2. The fraction of sp³-hybridized carbons (Fsp3) is 0.250. The molecule has 16 heteroatoms. The third-order valence-corrected chi connectivity index (χ3v) is 5.86. The van der Waals surface area contributed by atoms with Crippen LogP contribution in [0.1, 0.15) is 15.9 Å². The molecule has 1 aromatic carbocycles. The Labute approximate surface area is 183 Å².